The van der Waals surface area contributed by atoms with Crippen molar-refractivity contribution >= 4 is 16.7 Å². The molecule has 0 saturated carbocycles. The smallest absolute Gasteiger partial charge is 0.273 e. The zero-order chi connectivity index (χ0) is 20.3. The van der Waals surface area contributed by atoms with E-state index in [-0.39, 0.29) is 5.91 Å². The molecule has 150 valence electrons. The van der Waals surface area contributed by atoms with Crippen LogP contribution in [-0.4, -0.2) is 48.8 Å². The normalized spacial score (nSPS) is 16.7. The number of nitrogens with one attached hydrogen (secondary N) is 1. The summed E-state index contributed by atoms with van der Waals surface area (Å²) in [5, 5.41) is 1.94. The molecule has 7 heteroatoms. The largest absolute Gasteiger partial charge is 0.343 e. The van der Waals surface area contributed by atoms with Crippen molar-refractivity contribution in [2.75, 3.05) is 13.1 Å². The maximum Gasteiger partial charge on any atom is 0.273 e. The molecule has 1 N–H and O–H groups in total. The molecule has 1 amide bonds. The van der Waals surface area contributed by atoms with Crippen molar-refractivity contribution < 1.29 is 4.79 Å². The molecular weight excluding hydrogens is 376 g/mol. The molecule has 4 heterocycles. The van der Waals surface area contributed by atoms with Crippen LogP contribution in [0.5, 0.6) is 0 Å². The van der Waals surface area contributed by atoms with Gasteiger partial charge in [0.2, 0.25) is 0 Å². The van der Waals surface area contributed by atoms with Gasteiger partial charge in [0.15, 0.2) is 5.82 Å². The van der Waals surface area contributed by atoms with Crippen LogP contribution in [-0.2, 0) is 6.42 Å². The van der Waals surface area contributed by atoms with Crippen LogP contribution >= 0.6 is 0 Å². The number of pyridine rings is 1. The maximum atomic E-state index is 13.2. The van der Waals surface area contributed by atoms with E-state index in [9.17, 15) is 4.79 Å². The second kappa shape index (κ2) is 8.02. The fourth-order valence-corrected chi connectivity index (χ4v) is 4.18. The van der Waals surface area contributed by atoms with E-state index in [2.05, 4.69) is 19.9 Å². The van der Waals surface area contributed by atoms with Gasteiger partial charge in [-0.25, -0.2) is 9.97 Å². The summed E-state index contributed by atoms with van der Waals surface area (Å²) in [5.74, 6) is 1.07. The van der Waals surface area contributed by atoms with Gasteiger partial charge in [-0.05, 0) is 36.6 Å². The van der Waals surface area contributed by atoms with E-state index in [4.69, 9.17) is 4.98 Å². The van der Waals surface area contributed by atoms with Gasteiger partial charge in [0.1, 0.15) is 11.4 Å². The molecule has 0 bridgehead atoms. The van der Waals surface area contributed by atoms with Crippen molar-refractivity contribution in [1.82, 2.24) is 29.8 Å². The van der Waals surface area contributed by atoms with Crippen molar-refractivity contribution in [3.63, 3.8) is 0 Å². The number of piperidine rings is 1. The molecule has 1 aliphatic heterocycles. The first-order valence-corrected chi connectivity index (χ1v) is 10.2. The first kappa shape index (κ1) is 18.4. The molecule has 1 fully saturated rings. The molecule has 7 nitrogen and oxygen atoms in total. The summed E-state index contributed by atoms with van der Waals surface area (Å²) < 4.78 is 0. The summed E-state index contributed by atoms with van der Waals surface area (Å²) in [6.45, 7) is 1.47. The Morgan fingerprint density at radius 2 is 2.07 bits per heavy atom. The quantitative estimate of drug-likeness (QED) is 0.568. The summed E-state index contributed by atoms with van der Waals surface area (Å²) in [5.41, 5.74) is 2.20. The Morgan fingerprint density at radius 1 is 1.13 bits per heavy atom. The molecule has 1 saturated heterocycles. The van der Waals surface area contributed by atoms with Crippen LogP contribution in [0.1, 0.15) is 29.0 Å². The number of aromatic nitrogens is 5. The predicted molar refractivity (Wildman–Crippen MR) is 114 cm³/mol. The lowest BCUT2D eigenvalue weighted by molar-refractivity contribution is 0.0669. The van der Waals surface area contributed by atoms with Crippen molar-refractivity contribution in [2.24, 2.45) is 5.92 Å². The van der Waals surface area contributed by atoms with Gasteiger partial charge < -0.3 is 9.88 Å². The Kier molecular flexibility index (Phi) is 4.93. The number of carbonyl (C=O) groups excluding carboxylic acids is 1. The van der Waals surface area contributed by atoms with Crippen LogP contribution < -0.4 is 0 Å². The van der Waals surface area contributed by atoms with E-state index in [1.54, 1.807) is 31.0 Å². The zero-order valence-electron chi connectivity index (χ0n) is 16.5. The van der Waals surface area contributed by atoms with Crippen LogP contribution in [0.15, 0.2) is 61.3 Å². The van der Waals surface area contributed by atoms with Gasteiger partial charge in [-0.15, -0.1) is 0 Å². The highest BCUT2D eigenvalue weighted by Crippen LogP contribution is 2.24. The summed E-state index contributed by atoms with van der Waals surface area (Å²) in [6.07, 6.45) is 11.5. The Hall–Kier alpha value is -3.61. The average molecular weight is 398 g/mol. The van der Waals surface area contributed by atoms with E-state index in [0.717, 1.165) is 48.0 Å². The molecule has 0 radical (unpaired) electrons. The first-order chi connectivity index (χ1) is 14.8. The monoisotopic (exact) mass is 398 g/mol. The molecule has 1 aromatic carbocycles. The van der Waals surface area contributed by atoms with Crippen LogP contribution in [0.3, 0.4) is 0 Å². The Bertz CT molecular complexity index is 1170. The average Bonchev–Trinajstić information content (AvgIpc) is 3.34. The molecule has 0 unspecified atom stereocenters. The Morgan fingerprint density at radius 3 is 2.97 bits per heavy atom. The highest BCUT2D eigenvalue weighted by atomic mass is 16.2. The van der Waals surface area contributed by atoms with Gasteiger partial charge in [0.25, 0.3) is 5.91 Å². The third kappa shape index (κ3) is 3.66. The van der Waals surface area contributed by atoms with Crippen LogP contribution in [0.25, 0.3) is 22.3 Å². The SMILES string of the molecule is O=C(c1nccc2ccccc12)N1CCC[C@H](Cc2cncc(-c3ncc[nH]3)n2)C1. The third-order valence-electron chi connectivity index (χ3n) is 5.61. The number of likely N-dealkylation sites (tertiary alicyclic amines) is 1. The lowest BCUT2D eigenvalue weighted by Gasteiger charge is -2.32. The highest BCUT2D eigenvalue weighted by molar-refractivity contribution is 6.05. The van der Waals surface area contributed by atoms with Crippen molar-refractivity contribution in [1.29, 1.82) is 0 Å². The van der Waals surface area contributed by atoms with Gasteiger partial charge in [-0.1, -0.05) is 24.3 Å². The minimum absolute atomic E-state index is 0.00641. The summed E-state index contributed by atoms with van der Waals surface area (Å²) in [4.78, 5) is 35.9. The third-order valence-corrected chi connectivity index (χ3v) is 5.61. The fraction of sp³-hybridized carbons (Fsp3) is 0.261. The number of hydrogen-bond acceptors (Lipinski definition) is 5. The number of amides is 1. The first-order valence-electron chi connectivity index (χ1n) is 10.2. The number of nitrogens with zero attached hydrogens (tertiary/aromatic N) is 5. The minimum Gasteiger partial charge on any atom is -0.343 e. The topological polar surface area (TPSA) is 87.7 Å². The summed E-state index contributed by atoms with van der Waals surface area (Å²) >= 11 is 0. The number of imidazole rings is 1. The van der Waals surface area contributed by atoms with E-state index in [1.165, 1.54) is 0 Å². The lowest BCUT2D eigenvalue weighted by Crippen LogP contribution is -2.41. The van der Waals surface area contributed by atoms with Gasteiger partial charge >= 0.3 is 0 Å². The molecule has 4 aromatic rings. The molecule has 1 atom stereocenters. The molecule has 0 aliphatic carbocycles. The van der Waals surface area contributed by atoms with Crippen molar-refractivity contribution in [2.45, 2.75) is 19.3 Å². The van der Waals surface area contributed by atoms with E-state index in [0.29, 0.717) is 24.0 Å². The molecular formula is C23H22N6O. The molecule has 5 rings (SSSR count). The summed E-state index contributed by atoms with van der Waals surface area (Å²) in [7, 11) is 0. The van der Waals surface area contributed by atoms with Gasteiger partial charge in [-0.3, -0.25) is 14.8 Å². The van der Waals surface area contributed by atoms with E-state index >= 15 is 0 Å². The van der Waals surface area contributed by atoms with Crippen LogP contribution in [0.2, 0.25) is 0 Å². The number of H-pyrrole nitrogens is 1. The second-order valence-electron chi connectivity index (χ2n) is 7.68. The number of hydrogen-bond donors (Lipinski definition) is 1. The second-order valence-corrected chi connectivity index (χ2v) is 7.68. The van der Waals surface area contributed by atoms with Gasteiger partial charge in [-0.2, -0.15) is 0 Å². The Balaban J connectivity index is 1.33. The van der Waals surface area contributed by atoms with Gasteiger partial charge in [0, 0.05) is 43.3 Å². The van der Waals surface area contributed by atoms with Crippen LogP contribution in [0, 0.1) is 5.92 Å². The molecule has 1 aliphatic rings. The fourth-order valence-electron chi connectivity index (χ4n) is 4.18. The van der Waals surface area contributed by atoms with E-state index < -0.39 is 0 Å². The summed E-state index contributed by atoms with van der Waals surface area (Å²) in [6, 6.07) is 9.84. The lowest BCUT2D eigenvalue weighted by atomic mass is 9.93. The number of fused-ring (bicyclic) bond motifs is 1. The maximum absolute atomic E-state index is 13.2. The predicted octanol–water partition coefficient (Wildman–Crippen LogP) is 3.51. The minimum atomic E-state index is 0.00641. The zero-order valence-corrected chi connectivity index (χ0v) is 16.5. The number of aromatic amines is 1. The van der Waals surface area contributed by atoms with Crippen molar-refractivity contribution in [3.8, 4) is 11.5 Å². The van der Waals surface area contributed by atoms with Gasteiger partial charge in [0.05, 0.1) is 11.9 Å². The number of benzene rings is 1. The van der Waals surface area contributed by atoms with E-state index in [1.807, 2.05) is 35.2 Å². The van der Waals surface area contributed by atoms with Crippen LogP contribution in [0.4, 0.5) is 0 Å². The highest BCUT2D eigenvalue weighted by Gasteiger charge is 2.26. The number of carbonyl (C=O) groups is 1. The molecule has 30 heavy (non-hydrogen) atoms. The molecule has 0 spiro atoms. The molecule has 3 aromatic heterocycles. The Labute approximate surface area is 174 Å². The number of rotatable bonds is 4. The standard InChI is InChI=1S/C23H22N6O/c30-23(21-19-6-2-1-5-17(19)7-8-25-21)29-11-3-4-16(15-29)12-18-13-24-14-20(28-18)22-26-9-10-27-22/h1-2,5-10,13-14,16H,3-4,11-12,15H2,(H,26,27)/t16-/m1/s1. The van der Waals surface area contributed by atoms with Crippen molar-refractivity contribution in [3.05, 3.63) is 72.7 Å².